The van der Waals surface area contributed by atoms with E-state index in [-0.39, 0.29) is 12.0 Å². The molecule has 2 aromatic rings. The minimum absolute atomic E-state index is 0.146. The van der Waals surface area contributed by atoms with Crippen molar-refractivity contribution >= 4 is 38.0 Å². The summed E-state index contributed by atoms with van der Waals surface area (Å²) in [6.07, 6.45) is 7.92. The molecule has 1 saturated heterocycles. The third kappa shape index (κ3) is 7.06. The second-order valence-electron chi connectivity index (χ2n) is 11.5. The minimum Gasteiger partial charge on any atom is -0.377 e. The van der Waals surface area contributed by atoms with E-state index in [4.69, 9.17) is 19.9 Å². The van der Waals surface area contributed by atoms with Gasteiger partial charge in [0.25, 0.3) is 0 Å². The normalized spacial score (nSPS) is 22.6. The van der Waals surface area contributed by atoms with Gasteiger partial charge in [0, 0.05) is 45.0 Å². The van der Waals surface area contributed by atoms with Crippen LogP contribution < -0.4 is 10.2 Å². The molecule has 0 amide bonds. The first kappa shape index (κ1) is 27.5. The molecule has 0 aromatic carbocycles. The van der Waals surface area contributed by atoms with Gasteiger partial charge in [0.05, 0.1) is 25.5 Å². The Morgan fingerprint density at radius 2 is 2.05 bits per heavy atom. The highest BCUT2D eigenvalue weighted by atomic mass is 28.3. The van der Waals surface area contributed by atoms with Gasteiger partial charge in [-0.3, -0.25) is 0 Å². The summed E-state index contributed by atoms with van der Waals surface area (Å²) in [4.78, 5) is 18.7. The van der Waals surface area contributed by atoms with Crippen LogP contribution >= 0.6 is 0 Å². The second-order valence-corrected chi connectivity index (χ2v) is 17.2. The van der Waals surface area contributed by atoms with Crippen LogP contribution in [0.25, 0.3) is 0 Å². The molecule has 3 heterocycles. The average molecular weight is 527 g/mol. The highest BCUT2D eigenvalue weighted by Crippen LogP contribution is 2.39. The maximum atomic E-state index is 11.3. The van der Waals surface area contributed by atoms with Gasteiger partial charge in [-0.2, -0.15) is 5.10 Å². The van der Waals surface area contributed by atoms with Gasteiger partial charge in [0.2, 0.25) is 0 Å². The van der Waals surface area contributed by atoms with Crippen molar-refractivity contribution in [2.24, 2.45) is 5.92 Å². The van der Waals surface area contributed by atoms with Gasteiger partial charge in [0.15, 0.2) is 0 Å². The topological polar surface area (TPSA) is 105 Å². The summed E-state index contributed by atoms with van der Waals surface area (Å²) < 4.78 is 13.4. The standard InChI is InChI=1S/C27H42N6O3Si/c1-20-18-35-12-11-32(20)26-15-23(22-7-5-21(17-34)6-8-22)24(16-28)27(31-26)30-25-9-10-29-33(25)19-36-13-14-37(2,3)4/h9-10,15-17,20-22,28H,5-8,11-14,18-19H2,1-4H3,(H,30,31)/t20-,21?,22?/m1/s1. The van der Waals surface area contributed by atoms with E-state index in [2.05, 4.69) is 47.9 Å². The molecule has 2 aliphatic rings. The Labute approximate surface area is 221 Å². The van der Waals surface area contributed by atoms with Crippen LogP contribution in [0.1, 0.15) is 49.7 Å². The van der Waals surface area contributed by atoms with E-state index in [9.17, 15) is 4.79 Å². The molecule has 1 aliphatic carbocycles. The number of hydrogen-bond acceptors (Lipinski definition) is 8. The van der Waals surface area contributed by atoms with Crippen molar-refractivity contribution < 1.29 is 14.3 Å². The van der Waals surface area contributed by atoms with Gasteiger partial charge in [-0.15, -0.1) is 0 Å². The molecule has 1 saturated carbocycles. The number of carbonyl (C=O) groups excluding carboxylic acids is 1. The van der Waals surface area contributed by atoms with E-state index < -0.39 is 8.07 Å². The van der Waals surface area contributed by atoms with E-state index in [0.29, 0.717) is 31.7 Å². The Morgan fingerprint density at radius 1 is 1.27 bits per heavy atom. The van der Waals surface area contributed by atoms with Gasteiger partial charge in [-0.1, -0.05) is 19.6 Å². The molecule has 202 valence electrons. The van der Waals surface area contributed by atoms with Gasteiger partial charge in [-0.05, 0) is 56.2 Å². The molecule has 0 spiro atoms. The monoisotopic (exact) mass is 526 g/mol. The third-order valence-corrected chi connectivity index (χ3v) is 9.16. The SMILES string of the molecule is C[C@@H]1COCCN1c1cc(C2CCC(C=O)CC2)c(C=N)c(Nc2ccnn2COCC[Si](C)(C)C)n1. The zero-order chi connectivity index (χ0) is 26.4. The van der Waals surface area contributed by atoms with Crippen molar-refractivity contribution in [1.29, 1.82) is 5.41 Å². The van der Waals surface area contributed by atoms with Gasteiger partial charge in [0.1, 0.15) is 30.5 Å². The molecular weight excluding hydrogens is 484 g/mol. The maximum Gasteiger partial charge on any atom is 0.143 e. The van der Waals surface area contributed by atoms with E-state index in [1.54, 1.807) is 10.9 Å². The quantitative estimate of drug-likeness (QED) is 0.183. The van der Waals surface area contributed by atoms with Crippen LogP contribution in [-0.2, 0) is 21.0 Å². The van der Waals surface area contributed by atoms with Crippen molar-refractivity contribution in [3.8, 4) is 0 Å². The number of nitrogens with zero attached hydrogens (tertiary/aromatic N) is 4. The van der Waals surface area contributed by atoms with E-state index in [1.807, 2.05) is 6.07 Å². The Morgan fingerprint density at radius 3 is 2.73 bits per heavy atom. The fourth-order valence-electron chi connectivity index (χ4n) is 5.12. The predicted molar refractivity (Wildman–Crippen MR) is 150 cm³/mol. The maximum absolute atomic E-state index is 11.3. The number of ether oxygens (including phenoxy) is 2. The number of nitrogens with one attached hydrogen (secondary N) is 2. The number of morpholine rings is 1. The molecule has 9 nitrogen and oxygen atoms in total. The number of carbonyl (C=O) groups is 1. The van der Waals surface area contributed by atoms with Crippen LogP contribution in [0, 0.1) is 11.3 Å². The zero-order valence-electron chi connectivity index (χ0n) is 22.7. The van der Waals surface area contributed by atoms with Gasteiger partial charge in [-0.25, -0.2) is 9.67 Å². The lowest BCUT2D eigenvalue weighted by Gasteiger charge is -2.36. The first-order valence-corrected chi connectivity index (χ1v) is 17.2. The molecule has 37 heavy (non-hydrogen) atoms. The number of hydrogen-bond donors (Lipinski definition) is 2. The Kier molecular flexibility index (Phi) is 9.15. The van der Waals surface area contributed by atoms with Crippen LogP contribution in [0.15, 0.2) is 18.3 Å². The molecule has 0 bridgehead atoms. The molecule has 1 atom stereocenters. The summed E-state index contributed by atoms with van der Waals surface area (Å²) in [5.74, 6) is 2.78. The lowest BCUT2D eigenvalue weighted by molar-refractivity contribution is -0.111. The van der Waals surface area contributed by atoms with Crippen LogP contribution in [-0.4, -0.2) is 67.7 Å². The number of anilines is 3. The third-order valence-electron chi connectivity index (χ3n) is 7.46. The molecule has 10 heteroatoms. The fraction of sp³-hybridized carbons (Fsp3) is 0.630. The first-order valence-electron chi connectivity index (χ1n) is 13.5. The highest BCUT2D eigenvalue weighted by Gasteiger charge is 2.28. The van der Waals surface area contributed by atoms with Gasteiger partial charge < -0.3 is 29.9 Å². The first-order chi connectivity index (χ1) is 17.8. The summed E-state index contributed by atoms with van der Waals surface area (Å²) in [5.41, 5.74) is 1.93. The van der Waals surface area contributed by atoms with Gasteiger partial charge >= 0.3 is 0 Å². The Hall–Kier alpha value is -2.56. The molecule has 4 rings (SSSR count). The molecule has 0 radical (unpaired) electrons. The van der Waals surface area contributed by atoms with Crippen molar-refractivity contribution in [1.82, 2.24) is 14.8 Å². The van der Waals surface area contributed by atoms with E-state index in [1.165, 1.54) is 6.21 Å². The van der Waals surface area contributed by atoms with E-state index >= 15 is 0 Å². The molecule has 0 unspecified atom stereocenters. The lowest BCUT2D eigenvalue weighted by atomic mass is 9.78. The van der Waals surface area contributed by atoms with Crippen molar-refractivity contribution in [3.05, 3.63) is 29.5 Å². The van der Waals surface area contributed by atoms with Crippen LogP contribution in [0.4, 0.5) is 17.5 Å². The molecule has 1 aliphatic heterocycles. The van der Waals surface area contributed by atoms with Crippen molar-refractivity contribution in [3.63, 3.8) is 0 Å². The average Bonchev–Trinajstić information content (AvgIpc) is 3.32. The molecular formula is C27H42N6O3Si. The lowest BCUT2D eigenvalue weighted by Crippen LogP contribution is -2.44. The number of pyridine rings is 1. The number of rotatable bonds is 11. The van der Waals surface area contributed by atoms with Crippen LogP contribution in [0.2, 0.25) is 25.7 Å². The predicted octanol–water partition coefficient (Wildman–Crippen LogP) is 5.03. The van der Waals surface area contributed by atoms with Crippen LogP contribution in [0.3, 0.4) is 0 Å². The fourth-order valence-corrected chi connectivity index (χ4v) is 5.88. The highest BCUT2D eigenvalue weighted by molar-refractivity contribution is 6.76. The smallest absolute Gasteiger partial charge is 0.143 e. The summed E-state index contributed by atoms with van der Waals surface area (Å²) >= 11 is 0. The Balaban J connectivity index is 1.62. The molecule has 2 fully saturated rings. The summed E-state index contributed by atoms with van der Waals surface area (Å²) in [6.45, 7) is 12.4. The Bertz CT molecular complexity index is 1060. The molecule has 2 N–H and O–H groups in total. The summed E-state index contributed by atoms with van der Waals surface area (Å²) in [6, 6.07) is 5.39. The molecule has 2 aromatic heterocycles. The summed E-state index contributed by atoms with van der Waals surface area (Å²) in [5, 5.41) is 16.2. The van der Waals surface area contributed by atoms with E-state index in [0.717, 1.165) is 73.9 Å². The second kappa shape index (κ2) is 12.3. The summed E-state index contributed by atoms with van der Waals surface area (Å²) in [7, 11) is -1.16. The zero-order valence-corrected chi connectivity index (χ0v) is 23.7. The van der Waals surface area contributed by atoms with Crippen molar-refractivity contribution in [2.75, 3.05) is 36.6 Å². The van der Waals surface area contributed by atoms with Crippen LogP contribution in [0.5, 0.6) is 0 Å². The minimum atomic E-state index is -1.16. The number of aromatic nitrogens is 3. The number of aldehydes is 1. The van der Waals surface area contributed by atoms with Crippen molar-refractivity contribution in [2.45, 2.75) is 77.0 Å². The largest absolute Gasteiger partial charge is 0.377 e.